The van der Waals surface area contributed by atoms with Crippen LogP contribution in [0.25, 0.3) is 0 Å². The van der Waals surface area contributed by atoms with Crippen molar-refractivity contribution in [2.45, 2.75) is 13.0 Å². The lowest BCUT2D eigenvalue weighted by molar-refractivity contribution is 0.217. The van der Waals surface area contributed by atoms with Gasteiger partial charge in [-0.25, -0.2) is 9.97 Å². The Morgan fingerprint density at radius 3 is 2.88 bits per heavy atom. The maximum atomic E-state index is 10.1. The normalized spacial score (nSPS) is 12.4. The van der Waals surface area contributed by atoms with Gasteiger partial charge in [0.1, 0.15) is 12.4 Å². The summed E-state index contributed by atoms with van der Waals surface area (Å²) in [6, 6.07) is 3.62. The minimum Gasteiger partial charge on any atom is -0.481 e. The number of hydrogen-bond donors (Lipinski definition) is 1. The van der Waals surface area contributed by atoms with Crippen molar-refractivity contribution in [3.63, 3.8) is 0 Å². The minimum absolute atomic E-state index is 0.457. The molecule has 0 amide bonds. The molecule has 1 atom stereocenters. The Morgan fingerprint density at radius 1 is 1.44 bits per heavy atom. The molecule has 1 N–H and O–H groups in total. The topological polar surface area (TPSA) is 55.2 Å². The second-order valence-corrected chi connectivity index (χ2v) is 4.30. The molecule has 2 heterocycles. The van der Waals surface area contributed by atoms with Crippen LogP contribution in [-0.2, 0) is 0 Å². The smallest absolute Gasteiger partial charge is 0.216 e. The summed E-state index contributed by atoms with van der Waals surface area (Å²) in [5.41, 5.74) is 1.62. The summed E-state index contributed by atoms with van der Waals surface area (Å²) in [6.07, 6.45) is 0.678. The molecule has 0 saturated carbocycles. The standard InChI is InChI=1S/C11H12N2O2S/c1-7-3-4-16-11(7)10(14)8-5-9(15-2)13-6-12-8/h3-6,10,14H,1-2H3. The Labute approximate surface area is 97.6 Å². The Morgan fingerprint density at radius 2 is 2.25 bits per heavy atom. The molecule has 0 aliphatic carbocycles. The second kappa shape index (κ2) is 4.59. The lowest BCUT2D eigenvalue weighted by Gasteiger charge is -2.09. The van der Waals surface area contributed by atoms with Gasteiger partial charge in [-0.3, -0.25) is 0 Å². The van der Waals surface area contributed by atoms with E-state index in [9.17, 15) is 5.11 Å². The molecule has 5 heteroatoms. The fraction of sp³-hybridized carbons (Fsp3) is 0.273. The molecule has 2 aromatic heterocycles. The van der Waals surface area contributed by atoms with E-state index in [2.05, 4.69) is 9.97 Å². The van der Waals surface area contributed by atoms with E-state index in [1.165, 1.54) is 24.8 Å². The van der Waals surface area contributed by atoms with E-state index in [1.807, 2.05) is 18.4 Å². The van der Waals surface area contributed by atoms with Crippen molar-refractivity contribution in [2.24, 2.45) is 0 Å². The number of aliphatic hydroxyl groups excluding tert-OH is 1. The molecule has 4 nitrogen and oxygen atoms in total. The molecule has 0 fully saturated rings. The van der Waals surface area contributed by atoms with Crippen LogP contribution in [0.5, 0.6) is 5.88 Å². The van der Waals surface area contributed by atoms with Crippen LogP contribution >= 0.6 is 11.3 Å². The predicted molar refractivity (Wildman–Crippen MR) is 61.7 cm³/mol. The number of rotatable bonds is 3. The summed E-state index contributed by atoms with van der Waals surface area (Å²) in [5, 5.41) is 12.1. The van der Waals surface area contributed by atoms with E-state index in [1.54, 1.807) is 6.07 Å². The first-order valence-electron chi connectivity index (χ1n) is 4.80. The number of aryl methyl sites for hydroxylation is 1. The molecule has 2 aromatic rings. The van der Waals surface area contributed by atoms with Gasteiger partial charge >= 0.3 is 0 Å². The molecule has 0 radical (unpaired) electrons. The monoisotopic (exact) mass is 236 g/mol. The highest BCUT2D eigenvalue weighted by molar-refractivity contribution is 7.10. The molecule has 0 bridgehead atoms. The average molecular weight is 236 g/mol. The van der Waals surface area contributed by atoms with Crippen molar-refractivity contribution < 1.29 is 9.84 Å². The van der Waals surface area contributed by atoms with Crippen LogP contribution in [-0.4, -0.2) is 22.2 Å². The van der Waals surface area contributed by atoms with Gasteiger partial charge in [-0.15, -0.1) is 11.3 Å². The fourth-order valence-corrected chi connectivity index (χ4v) is 2.34. The zero-order chi connectivity index (χ0) is 11.5. The van der Waals surface area contributed by atoms with Crippen molar-refractivity contribution in [1.82, 2.24) is 9.97 Å². The van der Waals surface area contributed by atoms with Crippen molar-refractivity contribution in [2.75, 3.05) is 7.11 Å². The minimum atomic E-state index is -0.711. The predicted octanol–water partition coefficient (Wildman–Crippen LogP) is 1.94. The number of ether oxygens (including phenoxy) is 1. The summed E-state index contributed by atoms with van der Waals surface area (Å²) in [6.45, 7) is 1.97. The molecular formula is C11H12N2O2S. The zero-order valence-electron chi connectivity index (χ0n) is 9.04. The van der Waals surface area contributed by atoms with Gasteiger partial charge in [-0.2, -0.15) is 0 Å². The third-order valence-electron chi connectivity index (χ3n) is 2.30. The number of nitrogens with zero attached hydrogens (tertiary/aromatic N) is 2. The van der Waals surface area contributed by atoms with Crippen molar-refractivity contribution in [3.05, 3.63) is 40.0 Å². The zero-order valence-corrected chi connectivity index (χ0v) is 9.86. The average Bonchev–Trinajstić information content (AvgIpc) is 2.74. The van der Waals surface area contributed by atoms with Crippen LogP contribution < -0.4 is 4.74 Å². The third-order valence-corrected chi connectivity index (χ3v) is 3.37. The number of aromatic nitrogens is 2. The summed E-state index contributed by atoms with van der Waals surface area (Å²) in [7, 11) is 1.54. The van der Waals surface area contributed by atoms with Gasteiger partial charge in [0.25, 0.3) is 0 Å². The molecule has 0 aliphatic heterocycles. The van der Waals surface area contributed by atoms with Crippen LogP contribution in [0.1, 0.15) is 22.2 Å². The first kappa shape index (κ1) is 11.0. The van der Waals surface area contributed by atoms with Gasteiger partial charge in [0.15, 0.2) is 0 Å². The van der Waals surface area contributed by atoms with Crippen LogP contribution in [0.15, 0.2) is 23.8 Å². The number of aliphatic hydroxyl groups is 1. The number of methoxy groups -OCH3 is 1. The Hall–Kier alpha value is -1.46. The van der Waals surface area contributed by atoms with Crippen molar-refractivity contribution in [1.29, 1.82) is 0 Å². The molecule has 1 unspecified atom stereocenters. The van der Waals surface area contributed by atoms with E-state index in [4.69, 9.17) is 4.74 Å². The van der Waals surface area contributed by atoms with Gasteiger partial charge in [0.2, 0.25) is 5.88 Å². The third kappa shape index (κ3) is 2.05. The quantitative estimate of drug-likeness (QED) is 0.884. The summed E-state index contributed by atoms with van der Waals surface area (Å²) in [4.78, 5) is 8.86. The molecular weight excluding hydrogens is 224 g/mol. The van der Waals surface area contributed by atoms with E-state index in [-0.39, 0.29) is 0 Å². The molecule has 2 rings (SSSR count). The lowest BCUT2D eigenvalue weighted by Crippen LogP contribution is -2.03. The van der Waals surface area contributed by atoms with Gasteiger partial charge in [-0.05, 0) is 23.9 Å². The number of hydrogen-bond acceptors (Lipinski definition) is 5. The van der Waals surface area contributed by atoms with Crippen molar-refractivity contribution in [3.8, 4) is 5.88 Å². The van der Waals surface area contributed by atoms with Crippen LogP contribution in [0, 0.1) is 6.92 Å². The van der Waals surface area contributed by atoms with Crippen LogP contribution in [0.3, 0.4) is 0 Å². The Balaban J connectivity index is 2.33. The summed E-state index contributed by atoms with van der Waals surface area (Å²) in [5.74, 6) is 0.457. The largest absolute Gasteiger partial charge is 0.481 e. The first-order chi connectivity index (χ1) is 7.72. The maximum absolute atomic E-state index is 10.1. The van der Waals surface area contributed by atoms with Gasteiger partial charge in [-0.1, -0.05) is 0 Å². The fourth-order valence-electron chi connectivity index (χ4n) is 1.41. The van der Waals surface area contributed by atoms with Crippen LogP contribution in [0.4, 0.5) is 0 Å². The van der Waals surface area contributed by atoms with E-state index >= 15 is 0 Å². The number of thiophene rings is 1. The second-order valence-electron chi connectivity index (χ2n) is 3.36. The van der Waals surface area contributed by atoms with Gasteiger partial charge < -0.3 is 9.84 Å². The summed E-state index contributed by atoms with van der Waals surface area (Å²) >= 11 is 1.51. The highest BCUT2D eigenvalue weighted by Gasteiger charge is 2.16. The highest BCUT2D eigenvalue weighted by atomic mass is 32.1. The molecule has 0 spiro atoms. The van der Waals surface area contributed by atoms with E-state index in [0.717, 1.165) is 10.4 Å². The van der Waals surface area contributed by atoms with Gasteiger partial charge in [0, 0.05) is 10.9 Å². The highest BCUT2D eigenvalue weighted by Crippen LogP contribution is 2.28. The SMILES string of the molecule is COc1cc(C(O)c2sccc2C)ncn1. The molecule has 0 aliphatic rings. The molecule has 0 aromatic carbocycles. The Bertz CT molecular complexity index is 484. The van der Waals surface area contributed by atoms with E-state index < -0.39 is 6.10 Å². The Kier molecular flexibility index (Phi) is 3.17. The van der Waals surface area contributed by atoms with Crippen molar-refractivity contribution >= 4 is 11.3 Å². The summed E-state index contributed by atoms with van der Waals surface area (Å²) < 4.78 is 4.99. The van der Waals surface area contributed by atoms with Gasteiger partial charge in [0.05, 0.1) is 12.8 Å². The first-order valence-corrected chi connectivity index (χ1v) is 5.68. The van der Waals surface area contributed by atoms with E-state index in [0.29, 0.717) is 11.6 Å². The van der Waals surface area contributed by atoms with Crippen LogP contribution in [0.2, 0.25) is 0 Å². The lowest BCUT2D eigenvalue weighted by atomic mass is 10.1. The maximum Gasteiger partial charge on any atom is 0.216 e. The molecule has 16 heavy (non-hydrogen) atoms. The molecule has 84 valence electrons. The molecule has 0 saturated heterocycles.